The molecule has 1 aromatic carbocycles. The number of hydrogen-bond acceptors (Lipinski definition) is 3. The molecule has 5 heteroatoms. The number of fused-ring (bicyclic) bond motifs is 1. The molecular formula is C19H20N4O. The van der Waals surface area contributed by atoms with Gasteiger partial charge in [-0.2, -0.15) is 5.10 Å². The topological polar surface area (TPSA) is 61.9 Å². The minimum Gasteiger partial charge on any atom is -0.338 e. The number of pyridine rings is 1. The quantitative estimate of drug-likeness (QED) is 0.788. The molecule has 1 N–H and O–H groups in total. The van der Waals surface area contributed by atoms with Crippen molar-refractivity contribution in [2.24, 2.45) is 0 Å². The Labute approximate surface area is 140 Å². The van der Waals surface area contributed by atoms with E-state index in [1.165, 1.54) is 5.56 Å². The lowest BCUT2D eigenvalue weighted by Gasteiger charge is -2.32. The molecule has 1 atom stereocenters. The first-order valence-corrected chi connectivity index (χ1v) is 8.37. The van der Waals surface area contributed by atoms with Crippen molar-refractivity contribution >= 4 is 16.8 Å². The molecule has 0 aliphatic carbocycles. The lowest BCUT2D eigenvalue weighted by atomic mass is 9.92. The number of aromatic nitrogens is 3. The molecular weight excluding hydrogens is 300 g/mol. The maximum atomic E-state index is 13.1. The molecule has 3 aromatic rings. The summed E-state index contributed by atoms with van der Waals surface area (Å²) in [5.41, 5.74) is 3.80. The molecule has 0 radical (unpaired) electrons. The molecule has 0 spiro atoms. The molecule has 4 rings (SSSR count). The number of aryl methyl sites for hydroxylation is 1. The van der Waals surface area contributed by atoms with Crippen LogP contribution in [0.1, 0.15) is 40.4 Å². The van der Waals surface area contributed by atoms with E-state index in [-0.39, 0.29) is 5.91 Å². The van der Waals surface area contributed by atoms with Crippen molar-refractivity contribution < 1.29 is 4.79 Å². The molecule has 122 valence electrons. The normalized spacial score (nSPS) is 18.0. The summed E-state index contributed by atoms with van der Waals surface area (Å²) >= 11 is 0. The van der Waals surface area contributed by atoms with Crippen LogP contribution < -0.4 is 0 Å². The lowest BCUT2D eigenvalue weighted by molar-refractivity contribution is 0.0707. The molecule has 0 bridgehead atoms. The van der Waals surface area contributed by atoms with Gasteiger partial charge in [0.2, 0.25) is 0 Å². The Morgan fingerprint density at radius 2 is 2.17 bits per heavy atom. The molecule has 1 unspecified atom stereocenters. The highest BCUT2D eigenvalue weighted by molar-refractivity contribution is 6.05. The minimum absolute atomic E-state index is 0.0705. The smallest absolute Gasteiger partial charge is 0.256 e. The summed E-state index contributed by atoms with van der Waals surface area (Å²) in [6, 6.07) is 9.69. The summed E-state index contributed by atoms with van der Waals surface area (Å²) in [5.74, 6) is 0.398. The number of nitrogens with zero attached hydrogens (tertiary/aromatic N) is 3. The van der Waals surface area contributed by atoms with Gasteiger partial charge >= 0.3 is 0 Å². The summed E-state index contributed by atoms with van der Waals surface area (Å²) in [6.45, 7) is 3.59. The number of para-hydroxylation sites is 1. The third-order valence-corrected chi connectivity index (χ3v) is 4.85. The van der Waals surface area contributed by atoms with E-state index in [9.17, 15) is 4.79 Å². The number of H-pyrrole nitrogens is 1. The van der Waals surface area contributed by atoms with Crippen molar-refractivity contribution in [2.75, 3.05) is 13.1 Å². The number of carbonyl (C=O) groups is 1. The van der Waals surface area contributed by atoms with Crippen LogP contribution in [0, 0.1) is 6.92 Å². The lowest BCUT2D eigenvalue weighted by Crippen LogP contribution is -2.39. The van der Waals surface area contributed by atoms with Crippen molar-refractivity contribution in [3.63, 3.8) is 0 Å². The zero-order valence-electron chi connectivity index (χ0n) is 13.7. The highest BCUT2D eigenvalue weighted by Gasteiger charge is 2.28. The number of aromatic amines is 1. The highest BCUT2D eigenvalue weighted by atomic mass is 16.2. The van der Waals surface area contributed by atoms with Gasteiger partial charge in [0.25, 0.3) is 5.91 Å². The highest BCUT2D eigenvalue weighted by Crippen LogP contribution is 2.29. The van der Waals surface area contributed by atoms with Crippen molar-refractivity contribution in [3.05, 3.63) is 59.5 Å². The van der Waals surface area contributed by atoms with Gasteiger partial charge in [-0.05, 0) is 37.5 Å². The van der Waals surface area contributed by atoms with Crippen LogP contribution in [-0.4, -0.2) is 39.1 Å². The average Bonchev–Trinajstić information content (AvgIpc) is 3.07. The third kappa shape index (κ3) is 2.56. The number of piperidine rings is 1. The van der Waals surface area contributed by atoms with Crippen molar-refractivity contribution in [1.82, 2.24) is 20.1 Å². The first-order chi connectivity index (χ1) is 11.7. The molecule has 1 aliphatic rings. The van der Waals surface area contributed by atoms with E-state index < -0.39 is 0 Å². The standard InChI is InChI=1S/C19H20N4O/c1-13-11-21-22-17(13)15-7-4-10-23(12-15)19(24)16-8-2-5-14-6-3-9-20-18(14)16/h2-3,5-6,8-9,11,15H,4,7,10,12H2,1H3,(H,21,22). The second-order valence-corrected chi connectivity index (χ2v) is 6.44. The Morgan fingerprint density at radius 1 is 1.29 bits per heavy atom. The molecule has 3 heterocycles. The predicted molar refractivity (Wildman–Crippen MR) is 92.9 cm³/mol. The Morgan fingerprint density at radius 3 is 3.00 bits per heavy atom. The van der Waals surface area contributed by atoms with Gasteiger partial charge in [-0.3, -0.25) is 14.9 Å². The maximum absolute atomic E-state index is 13.1. The third-order valence-electron chi connectivity index (χ3n) is 4.85. The number of hydrogen-bond donors (Lipinski definition) is 1. The number of rotatable bonds is 2. The summed E-state index contributed by atoms with van der Waals surface area (Å²) in [5, 5.41) is 8.23. The van der Waals surface area contributed by atoms with Crippen LogP contribution in [0.2, 0.25) is 0 Å². The fourth-order valence-electron chi connectivity index (χ4n) is 3.61. The van der Waals surface area contributed by atoms with Gasteiger partial charge in [0.1, 0.15) is 0 Å². The second-order valence-electron chi connectivity index (χ2n) is 6.44. The molecule has 2 aromatic heterocycles. The summed E-state index contributed by atoms with van der Waals surface area (Å²) in [7, 11) is 0. The molecule has 1 saturated heterocycles. The van der Waals surface area contributed by atoms with E-state index in [4.69, 9.17) is 0 Å². The van der Waals surface area contributed by atoms with Crippen LogP contribution in [0.15, 0.2) is 42.7 Å². The van der Waals surface area contributed by atoms with E-state index in [0.29, 0.717) is 11.5 Å². The van der Waals surface area contributed by atoms with E-state index in [1.807, 2.05) is 41.4 Å². The predicted octanol–water partition coefficient (Wildman–Crippen LogP) is 3.29. The monoisotopic (exact) mass is 320 g/mol. The minimum atomic E-state index is 0.0705. The van der Waals surface area contributed by atoms with E-state index in [0.717, 1.165) is 42.5 Å². The zero-order chi connectivity index (χ0) is 16.5. The first kappa shape index (κ1) is 14.9. The van der Waals surface area contributed by atoms with E-state index in [2.05, 4.69) is 22.1 Å². The molecule has 1 amide bonds. The van der Waals surface area contributed by atoms with Gasteiger partial charge in [0, 0.05) is 36.3 Å². The number of carbonyl (C=O) groups excluding carboxylic acids is 1. The second kappa shape index (κ2) is 6.07. The van der Waals surface area contributed by atoms with Gasteiger partial charge in [-0.25, -0.2) is 0 Å². The largest absolute Gasteiger partial charge is 0.338 e. The Kier molecular flexibility index (Phi) is 3.76. The Balaban J connectivity index is 1.63. The number of nitrogens with one attached hydrogen (secondary N) is 1. The molecule has 5 nitrogen and oxygen atoms in total. The fraction of sp³-hybridized carbons (Fsp3) is 0.316. The Hall–Kier alpha value is -2.69. The molecule has 1 aliphatic heterocycles. The van der Waals surface area contributed by atoms with Gasteiger partial charge in [-0.15, -0.1) is 0 Å². The van der Waals surface area contributed by atoms with Crippen LogP contribution in [0.3, 0.4) is 0 Å². The average molecular weight is 320 g/mol. The van der Waals surface area contributed by atoms with Gasteiger partial charge in [0.15, 0.2) is 0 Å². The van der Waals surface area contributed by atoms with E-state index >= 15 is 0 Å². The summed E-state index contributed by atoms with van der Waals surface area (Å²) in [6.07, 6.45) is 5.68. The van der Waals surface area contributed by atoms with Gasteiger partial charge in [-0.1, -0.05) is 18.2 Å². The van der Waals surface area contributed by atoms with Crippen molar-refractivity contribution in [3.8, 4) is 0 Å². The fourth-order valence-corrected chi connectivity index (χ4v) is 3.61. The summed E-state index contributed by atoms with van der Waals surface area (Å²) in [4.78, 5) is 19.4. The van der Waals surface area contributed by atoms with Crippen molar-refractivity contribution in [2.45, 2.75) is 25.7 Å². The van der Waals surface area contributed by atoms with E-state index in [1.54, 1.807) is 6.20 Å². The molecule has 0 saturated carbocycles. The van der Waals surface area contributed by atoms with Crippen LogP contribution >= 0.6 is 0 Å². The maximum Gasteiger partial charge on any atom is 0.256 e. The van der Waals surface area contributed by atoms with Crippen LogP contribution in [0.4, 0.5) is 0 Å². The van der Waals surface area contributed by atoms with Crippen LogP contribution in [-0.2, 0) is 0 Å². The summed E-state index contributed by atoms with van der Waals surface area (Å²) < 4.78 is 0. The zero-order valence-corrected chi connectivity index (χ0v) is 13.7. The number of likely N-dealkylation sites (tertiary alicyclic amines) is 1. The molecule has 1 fully saturated rings. The molecule has 24 heavy (non-hydrogen) atoms. The van der Waals surface area contributed by atoms with Gasteiger partial charge < -0.3 is 4.90 Å². The number of benzene rings is 1. The van der Waals surface area contributed by atoms with Crippen molar-refractivity contribution in [1.29, 1.82) is 0 Å². The van der Waals surface area contributed by atoms with Crippen LogP contribution in [0.5, 0.6) is 0 Å². The Bertz CT molecular complexity index is 880. The van der Waals surface area contributed by atoms with Gasteiger partial charge in [0.05, 0.1) is 17.3 Å². The SMILES string of the molecule is Cc1cn[nH]c1C1CCCN(C(=O)c2cccc3cccnc23)C1. The van der Waals surface area contributed by atoms with Crippen LogP contribution in [0.25, 0.3) is 10.9 Å². The first-order valence-electron chi connectivity index (χ1n) is 8.37. The number of amides is 1.